The number of fused-ring (bicyclic) bond motifs is 2. The molecule has 0 fully saturated rings. The molecule has 2 aromatic carbocycles. The van der Waals surface area contributed by atoms with Crippen LogP contribution < -0.4 is 5.56 Å². The third kappa shape index (κ3) is 4.73. The Hall–Kier alpha value is -4.33. The number of nitrogens with zero attached hydrogens (tertiary/aromatic N) is 7. The van der Waals surface area contributed by atoms with Crippen LogP contribution in [0.5, 0.6) is 0 Å². The summed E-state index contributed by atoms with van der Waals surface area (Å²) in [6, 6.07) is 8.04. The van der Waals surface area contributed by atoms with Gasteiger partial charge in [-0.25, -0.2) is 23.6 Å². The van der Waals surface area contributed by atoms with E-state index in [0.717, 1.165) is 11.6 Å². The van der Waals surface area contributed by atoms with Crippen LogP contribution in [0.15, 0.2) is 52.0 Å². The Balaban J connectivity index is 1.50. The SMILES string of the molecule is Cc1nn(-c2nc3c(c(=O)n2-c2ccc4c(c2)ncn4C)C[C@@H](C)N(C(=O)c2ccc(Br)c(C(F)(F)F)c2)C3)c(C)c1F. The third-order valence-electron chi connectivity index (χ3n) is 7.74. The first-order valence-electron chi connectivity index (χ1n) is 13.2. The van der Waals surface area contributed by atoms with Crippen molar-refractivity contribution in [2.45, 2.75) is 46.0 Å². The molecule has 0 unspecified atom stereocenters. The van der Waals surface area contributed by atoms with E-state index >= 15 is 0 Å². The highest BCUT2D eigenvalue weighted by Gasteiger charge is 2.36. The highest BCUT2D eigenvalue weighted by Crippen LogP contribution is 2.36. The first-order chi connectivity index (χ1) is 20.3. The number of alkyl halides is 3. The Morgan fingerprint density at radius 1 is 1.12 bits per heavy atom. The van der Waals surface area contributed by atoms with E-state index in [2.05, 4.69) is 26.0 Å². The van der Waals surface area contributed by atoms with Crippen LogP contribution in [0.3, 0.4) is 0 Å². The standard InChI is InChI=1S/C29H24BrF4N7O2/c1-14-9-19-23(12-39(14)26(42)17-5-7-21(30)20(10-17)29(32,33)34)36-28(41-16(3)25(31)15(2)37-41)40(27(19)43)18-6-8-24-22(11-18)35-13-38(24)4/h5-8,10-11,13-14H,9,12H2,1-4H3/t14-/m1/s1. The summed E-state index contributed by atoms with van der Waals surface area (Å²) >= 11 is 2.90. The van der Waals surface area contributed by atoms with E-state index in [1.807, 2.05) is 17.7 Å². The summed E-state index contributed by atoms with van der Waals surface area (Å²) in [5.74, 6) is -1.19. The smallest absolute Gasteiger partial charge is 0.334 e. The van der Waals surface area contributed by atoms with Gasteiger partial charge in [0.05, 0.1) is 52.2 Å². The first-order valence-corrected chi connectivity index (χ1v) is 14.0. The molecule has 43 heavy (non-hydrogen) atoms. The van der Waals surface area contributed by atoms with Crippen LogP contribution in [0.2, 0.25) is 0 Å². The maximum Gasteiger partial charge on any atom is 0.417 e. The summed E-state index contributed by atoms with van der Waals surface area (Å²) in [6.07, 6.45) is -2.91. The van der Waals surface area contributed by atoms with Crippen LogP contribution in [0, 0.1) is 19.7 Å². The second-order valence-electron chi connectivity index (χ2n) is 10.6. The highest BCUT2D eigenvalue weighted by molar-refractivity contribution is 9.10. The zero-order valence-corrected chi connectivity index (χ0v) is 25.0. The maximum atomic E-state index is 14.8. The molecule has 1 atom stereocenters. The van der Waals surface area contributed by atoms with E-state index in [1.54, 1.807) is 25.4 Å². The Morgan fingerprint density at radius 3 is 2.53 bits per heavy atom. The van der Waals surface area contributed by atoms with Gasteiger partial charge in [-0.2, -0.15) is 18.3 Å². The summed E-state index contributed by atoms with van der Waals surface area (Å²) in [6.45, 7) is 4.58. The second-order valence-corrected chi connectivity index (χ2v) is 11.4. The lowest BCUT2D eigenvalue weighted by atomic mass is 9.98. The van der Waals surface area contributed by atoms with Crippen molar-refractivity contribution in [2.24, 2.45) is 7.05 Å². The molecule has 0 spiro atoms. The molecule has 0 saturated heterocycles. The minimum absolute atomic E-state index is 0.00785. The Morgan fingerprint density at radius 2 is 1.86 bits per heavy atom. The van der Waals surface area contributed by atoms with Gasteiger partial charge in [0.25, 0.3) is 11.5 Å². The predicted octanol–water partition coefficient (Wildman–Crippen LogP) is 5.43. The number of aryl methyl sites for hydroxylation is 2. The van der Waals surface area contributed by atoms with Gasteiger partial charge in [-0.15, -0.1) is 0 Å². The molecule has 14 heteroatoms. The Labute approximate surface area is 250 Å². The summed E-state index contributed by atoms with van der Waals surface area (Å²) in [5, 5.41) is 4.29. The predicted molar refractivity (Wildman–Crippen MR) is 153 cm³/mol. The van der Waals surface area contributed by atoms with Crippen LogP contribution in [0.4, 0.5) is 17.6 Å². The third-order valence-corrected chi connectivity index (χ3v) is 8.43. The molecule has 0 saturated carbocycles. The lowest BCUT2D eigenvalue weighted by Gasteiger charge is -2.34. The average Bonchev–Trinajstić information content (AvgIpc) is 3.45. The van der Waals surface area contributed by atoms with E-state index in [4.69, 9.17) is 4.98 Å². The molecule has 3 aromatic heterocycles. The second kappa shape index (κ2) is 10.1. The summed E-state index contributed by atoms with van der Waals surface area (Å²) < 4.78 is 59.7. The number of hydrogen-bond donors (Lipinski definition) is 0. The van der Waals surface area contributed by atoms with Crippen LogP contribution in [0.1, 0.15) is 45.5 Å². The van der Waals surface area contributed by atoms with E-state index in [-0.39, 0.29) is 46.0 Å². The lowest BCUT2D eigenvalue weighted by molar-refractivity contribution is -0.138. The van der Waals surface area contributed by atoms with E-state index in [0.29, 0.717) is 16.8 Å². The van der Waals surface area contributed by atoms with Gasteiger partial charge < -0.3 is 9.47 Å². The van der Waals surface area contributed by atoms with Crippen molar-refractivity contribution in [1.29, 1.82) is 0 Å². The Kier molecular flexibility index (Phi) is 6.79. The van der Waals surface area contributed by atoms with Gasteiger partial charge in [-0.3, -0.25) is 9.59 Å². The molecule has 9 nitrogen and oxygen atoms in total. The molecule has 0 N–H and O–H groups in total. The number of rotatable bonds is 3. The van der Waals surface area contributed by atoms with E-state index < -0.39 is 35.1 Å². The number of amides is 1. The zero-order chi connectivity index (χ0) is 31.0. The minimum Gasteiger partial charge on any atom is -0.334 e. The number of hydrogen-bond acceptors (Lipinski definition) is 5. The van der Waals surface area contributed by atoms with Crippen molar-refractivity contribution in [1.82, 2.24) is 33.8 Å². The quantitative estimate of drug-likeness (QED) is 0.242. The van der Waals surface area contributed by atoms with Gasteiger partial charge in [0.1, 0.15) is 0 Å². The summed E-state index contributed by atoms with van der Waals surface area (Å²) in [5.41, 5.74) is 1.20. The topological polar surface area (TPSA) is 90.8 Å². The molecule has 4 heterocycles. The van der Waals surface area contributed by atoms with Crippen LogP contribution in [-0.4, -0.2) is 45.7 Å². The van der Waals surface area contributed by atoms with Gasteiger partial charge in [-0.05, 0) is 63.6 Å². The molecule has 6 rings (SSSR count). The van der Waals surface area contributed by atoms with Gasteiger partial charge in [-0.1, -0.05) is 15.9 Å². The van der Waals surface area contributed by atoms with E-state index in [9.17, 15) is 27.2 Å². The average molecular weight is 658 g/mol. The molecule has 1 aliphatic rings. The van der Waals surface area contributed by atoms with E-state index in [1.165, 1.54) is 40.1 Å². The van der Waals surface area contributed by atoms with Gasteiger partial charge >= 0.3 is 6.18 Å². The fraction of sp³-hybridized carbons (Fsp3) is 0.276. The van der Waals surface area contributed by atoms with Crippen LogP contribution >= 0.6 is 15.9 Å². The first kappa shape index (κ1) is 28.8. The minimum atomic E-state index is -4.66. The number of aromatic nitrogens is 6. The van der Waals surface area contributed by atoms with Gasteiger partial charge in [0.2, 0.25) is 5.95 Å². The molecule has 0 aliphatic carbocycles. The van der Waals surface area contributed by atoms with Crippen LogP contribution in [-0.2, 0) is 26.2 Å². The number of halogens is 5. The van der Waals surface area contributed by atoms with Crippen molar-refractivity contribution < 1.29 is 22.4 Å². The molecular formula is C29H24BrF4N7O2. The molecular weight excluding hydrogens is 634 g/mol. The number of carbonyl (C=O) groups excluding carboxylic acids is 1. The molecule has 1 aliphatic heterocycles. The zero-order valence-electron chi connectivity index (χ0n) is 23.4. The van der Waals surface area contributed by atoms with Crippen LogP contribution in [0.25, 0.3) is 22.7 Å². The molecule has 1 amide bonds. The largest absolute Gasteiger partial charge is 0.417 e. The fourth-order valence-electron chi connectivity index (χ4n) is 5.42. The number of benzene rings is 2. The van der Waals surface area contributed by atoms with Crippen molar-refractivity contribution in [3.8, 4) is 11.6 Å². The molecule has 222 valence electrons. The van der Waals surface area contributed by atoms with Crippen molar-refractivity contribution in [2.75, 3.05) is 0 Å². The number of imidazole rings is 1. The summed E-state index contributed by atoms with van der Waals surface area (Å²) in [7, 11) is 1.85. The molecule has 5 aromatic rings. The molecule has 0 bridgehead atoms. The summed E-state index contributed by atoms with van der Waals surface area (Å²) in [4.78, 5) is 38.2. The van der Waals surface area contributed by atoms with Crippen molar-refractivity contribution in [3.63, 3.8) is 0 Å². The van der Waals surface area contributed by atoms with Gasteiger partial charge in [0, 0.05) is 28.7 Å². The van der Waals surface area contributed by atoms with Crippen molar-refractivity contribution in [3.05, 3.63) is 97.1 Å². The number of carbonyl (C=O) groups is 1. The van der Waals surface area contributed by atoms with Crippen molar-refractivity contribution >= 4 is 32.9 Å². The molecule has 0 radical (unpaired) electrons. The lowest BCUT2D eigenvalue weighted by Crippen LogP contribution is -2.46. The maximum absolute atomic E-state index is 14.8. The van der Waals surface area contributed by atoms with Gasteiger partial charge in [0.15, 0.2) is 5.82 Å². The monoisotopic (exact) mass is 657 g/mol. The Bertz CT molecular complexity index is 2010. The normalized spacial score (nSPS) is 15.3. The fourth-order valence-corrected chi connectivity index (χ4v) is 5.89. The highest BCUT2D eigenvalue weighted by atomic mass is 79.9.